The van der Waals surface area contributed by atoms with E-state index in [9.17, 15) is 0 Å². The summed E-state index contributed by atoms with van der Waals surface area (Å²) in [6.07, 6.45) is 7.08. The summed E-state index contributed by atoms with van der Waals surface area (Å²) in [4.78, 5) is 0. The molecule has 0 radical (unpaired) electrons. The first-order valence-electron chi connectivity index (χ1n) is 7.47. The van der Waals surface area contributed by atoms with Gasteiger partial charge in [0.15, 0.2) is 0 Å². The number of hydrogen-bond donors (Lipinski definition) is 1. The highest BCUT2D eigenvalue weighted by atomic mass is 15.0. The third-order valence-corrected chi connectivity index (χ3v) is 5.54. The lowest BCUT2D eigenvalue weighted by molar-refractivity contribution is 0.367. The fraction of sp³-hybridized carbons (Fsp3) is 0.647. The predicted octanol–water partition coefficient (Wildman–Crippen LogP) is 3.73. The summed E-state index contributed by atoms with van der Waals surface area (Å²) in [5, 5.41) is 3.74. The first-order chi connectivity index (χ1) is 8.60. The second kappa shape index (κ2) is 3.39. The van der Waals surface area contributed by atoms with Crippen LogP contribution in [0.3, 0.4) is 0 Å². The van der Waals surface area contributed by atoms with Gasteiger partial charge in [-0.25, -0.2) is 0 Å². The minimum Gasteiger partial charge on any atom is -0.308 e. The van der Waals surface area contributed by atoms with Gasteiger partial charge in [0.25, 0.3) is 0 Å². The molecule has 2 aliphatic carbocycles. The Labute approximate surface area is 110 Å². The van der Waals surface area contributed by atoms with E-state index in [1.165, 1.54) is 38.6 Å². The third-order valence-electron chi connectivity index (χ3n) is 5.54. The van der Waals surface area contributed by atoms with Crippen molar-refractivity contribution in [1.29, 1.82) is 0 Å². The van der Waals surface area contributed by atoms with Crippen LogP contribution < -0.4 is 5.32 Å². The van der Waals surface area contributed by atoms with Crippen LogP contribution in [0.5, 0.6) is 0 Å². The molecule has 1 heterocycles. The molecule has 3 aliphatic rings. The van der Waals surface area contributed by atoms with Gasteiger partial charge in [0.05, 0.1) is 0 Å². The van der Waals surface area contributed by atoms with E-state index >= 15 is 0 Å². The molecule has 1 spiro atoms. The molecular formula is C17H23N. The standard InChI is InChI=1S/C17H23N/c1-16(2)14-5-3-4-12-10-17(7-8-17)11-13(15(12)14)6-9-18-16/h3-5,13,18H,6-11H2,1-2H3. The van der Waals surface area contributed by atoms with Crippen LogP contribution in [-0.4, -0.2) is 6.54 Å². The van der Waals surface area contributed by atoms with Crippen molar-refractivity contribution in [2.24, 2.45) is 5.41 Å². The van der Waals surface area contributed by atoms with Crippen molar-refractivity contribution in [3.63, 3.8) is 0 Å². The normalized spacial score (nSPS) is 30.7. The van der Waals surface area contributed by atoms with Crippen molar-refractivity contribution in [2.75, 3.05) is 6.54 Å². The minimum absolute atomic E-state index is 0.147. The van der Waals surface area contributed by atoms with Gasteiger partial charge in [0, 0.05) is 5.54 Å². The zero-order valence-electron chi connectivity index (χ0n) is 11.6. The molecule has 96 valence electrons. The van der Waals surface area contributed by atoms with Gasteiger partial charge in [-0.1, -0.05) is 18.2 Å². The van der Waals surface area contributed by atoms with Crippen LogP contribution in [-0.2, 0) is 12.0 Å². The number of nitrogens with one attached hydrogen (secondary N) is 1. The van der Waals surface area contributed by atoms with E-state index in [0.717, 1.165) is 5.92 Å². The lowest BCUT2D eigenvalue weighted by atomic mass is 9.71. The Balaban J connectivity index is 1.90. The van der Waals surface area contributed by atoms with Crippen molar-refractivity contribution in [1.82, 2.24) is 5.32 Å². The van der Waals surface area contributed by atoms with Gasteiger partial charge in [-0.15, -0.1) is 0 Å². The molecule has 18 heavy (non-hydrogen) atoms. The van der Waals surface area contributed by atoms with E-state index in [1.54, 1.807) is 16.7 Å². The molecular weight excluding hydrogens is 218 g/mol. The topological polar surface area (TPSA) is 12.0 Å². The van der Waals surface area contributed by atoms with E-state index in [4.69, 9.17) is 0 Å². The molecule has 1 aliphatic heterocycles. The zero-order valence-corrected chi connectivity index (χ0v) is 11.6. The fourth-order valence-corrected chi connectivity index (χ4v) is 4.35. The first-order valence-corrected chi connectivity index (χ1v) is 7.47. The maximum Gasteiger partial charge on any atom is 0.0380 e. The third kappa shape index (κ3) is 1.50. The molecule has 1 fully saturated rings. The van der Waals surface area contributed by atoms with Crippen LogP contribution in [0.2, 0.25) is 0 Å². The van der Waals surface area contributed by atoms with Crippen molar-refractivity contribution in [2.45, 2.75) is 57.4 Å². The summed E-state index contributed by atoms with van der Waals surface area (Å²) >= 11 is 0. The molecule has 1 aromatic carbocycles. The average Bonchev–Trinajstić information content (AvgIpc) is 3.07. The Morgan fingerprint density at radius 3 is 2.83 bits per heavy atom. The van der Waals surface area contributed by atoms with Crippen LogP contribution in [0.1, 0.15) is 62.1 Å². The quantitative estimate of drug-likeness (QED) is 0.730. The van der Waals surface area contributed by atoms with Crippen LogP contribution in [0.4, 0.5) is 0 Å². The van der Waals surface area contributed by atoms with Crippen molar-refractivity contribution in [3.8, 4) is 0 Å². The summed E-state index contributed by atoms with van der Waals surface area (Å²) in [5.41, 5.74) is 5.81. The van der Waals surface area contributed by atoms with E-state index in [0.29, 0.717) is 5.41 Å². The zero-order chi connectivity index (χ0) is 12.4. The van der Waals surface area contributed by atoms with Gasteiger partial charge in [0.2, 0.25) is 0 Å². The van der Waals surface area contributed by atoms with Crippen LogP contribution in [0.15, 0.2) is 18.2 Å². The van der Waals surface area contributed by atoms with Gasteiger partial charge >= 0.3 is 0 Å². The van der Waals surface area contributed by atoms with E-state index in [2.05, 4.69) is 37.4 Å². The van der Waals surface area contributed by atoms with Crippen LogP contribution >= 0.6 is 0 Å². The van der Waals surface area contributed by atoms with Crippen molar-refractivity contribution < 1.29 is 0 Å². The second-order valence-electron chi connectivity index (χ2n) is 7.30. The molecule has 1 aromatic rings. The molecule has 1 unspecified atom stereocenters. The maximum atomic E-state index is 3.74. The largest absolute Gasteiger partial charge is 0.308 e. The molecule has 1 N–H and O–H groups in total. The summed E-state index contributed by atoms with van der Waals surface area (Å²) in [5.74, 6) is 0.821. The van der Waals surface area contributed by atoms with Gasteiger partial charge in [0.1, 0.15) is 0 Å². The summed E-state index contributed by atoms with van der Waals surface area (Å²) in [6, 6.07) is 7.03. The molecule has 0 amide bonds. The monoisotopic (exact) mass is 241 g/mol. The Bertz CT molecular complexity index is 496. The highest BCUT2D eigenvalue weighted by molar-refractivity contribution is 5.45. The molecule has 0 saturated heterocycles. The Hall–Kier alpha value is -0.820. The van der Waals surface area contributed by atoms with Gasteiger partial charge < -0.3 is 5.32 Å². The Kier molecular flexibility index (Phi) is 2.08. The number of rotatable bonds is 0. The van der Waals surface area contributed by atoms with Gasteiger partial charge in [-0.2, -0.15) is 0 Å². The molecule has 0 bridgehead atoms. The van der Waals surface area contributed by atoms with Crippen molar-refractivity contribution in [3.05, 3.63) is 34.9 Å². The lowest BCUT2D eigenvalue weighted by Crippen LogP contribution is -2.36. The molecule has 4 rings (SSSR count). The minimum atomic E-state index is 0.147. The molecule has 1 saturated carbocycles. The second-order valence-corrected chi connectivity index (χ2v) is 7.30. The van der Waals surface area contributed by atoms with Crippen molar-refractivity contribution >= 4 is 0 Å². The van der Waals surface area contributed by atoms with E-state index < -0.39 is 0 Å². The van der Waals surface area contributed by atoms with Crippen LogP contribution in [0, 0.1) is 5.41 Å². The SMILES string of the molecule is CC1(C)NCCC2CC3(CC3)Cc3cccc1c32. The summed E-state index contributed by atoms with van der Waals surface area (Å²) in [7, 11) is 0. The smallest absolute Gasteiger partial charge is 0.0380 e. The average molecular weight is 241 g/mol. The van der Waals surface area contributed by atoms with E-state index in [-0.39, 0.29) is 5.54 Å². The summed E-state index contributed by atoms with van der Waals surface area (Å²) < 4.78 is 0. The van der Waals surface area contributed by atoms with Gasteiger partial charge in [-0.3, -0.25) is 0 Å². The predicted molar refractivity (Wildman–Crippen MR) is 74.8 cm³/mol. The number of hydrogen-bond acceptors (Lipinski definition) is 1. The lowest BCUT2D eigenvalue weighted by Gasteiger charge is -2.34. The van der Waals surface area contributed by atoms with Crippen LogP contribution in [0.25, 0.3) is 0 Å². The highest BCUT2D eigenvalue weighted by Gasteiger charge is 2.49. The highest BCUT2D eigenvalue weighted by Crippen LogP contribution is 2.59. The first kappa shape index (κ1) is 11.0. The Morgan fingerprint density at radius 2 is 2.06 bits per heavy atom. The molecule has 1 atom stereocenters. The number of benzene rings is 1. The fourth-order valence-electron chi connectivity index (χ4n) is 4.35. The van der Waals surface area contributed by atoms with E-state index in [1.807, 2.05) is 0 Å². The molecule has 1 nitrogen and oxygen atoms in total. The molecule has 1 heteroatoms. The summed E-state index contributed by atoms with van der Waals surface area (Å²) in [6.45, 7) is 5.85. The van der Waals surface area contributed by atoms with Gasteiger partial charge in [-0.05, 0) is 80.5 Å². The Morgan fingerprint density at radius 1 is 1.22 bits per heavy atom. The maximum absolute atomic E-state index is 3.74. The molecule has 0 aromatic heterocycles.